The largest absolute Gasteiger partial charge is 0.494 e. The summed E-state index contributed by atoms with van der Waals surface area (Å²) in [5, 5.41) is 5.19. The molecule has 2 rings (SSSR count). The summed E-state index contributed by atoms with van der Waals surface area (Å²) in [5.41, 5.74) is 0. The minimum Gasteiger partial charge on any atom is -0.494 e. The Balaban J connectivity index is 2.26. The van der Waals surface area contributed by atoms with Crippen molar-refractivity contribution in [1.29, 1.82) is 0 Å². The summed E-state index contributed by atoms with van der Waals surface area (Å²) in [6.45, 7) is 2.43. The number of benzene rings is 2. The van der Waals surface area contributed by atoms with Gasteiger partial charge in [0, 0.05) is 6.07 Å². The van der Waals surface area contributed by atoms with Gasteiger partial charge in [0.2, 0.25) is 10.0 Å². The molecule has 0 amide bonds. The molecule has 21 heavy (non-hydrogen) atoms. The summed E-state index contributed by atoms with van der Waals surface area (Å²) in [6, 6.07) is 11.1. The molecule has 2 aromatic rings. The molecule has 5 nitrogen and oxygen atoms in total. The molecule has 2 N–H and O–H groups in total. The van der Waals surface area contributed by atoms with Gasteiger partial charge in [-0.05, 0) is 37.3 Å². The zero-order valence-electron chi connectivity index (χ0n) is 11.2. The summed E-state index contributed by atoms with van der Waals surface area (Å²) >= 11 is 6.01. The van der Waals surface area contributed by atoms with Crippen LogP contribution in [0.15, 0.2) is 47.4 Å². The van der Waals surface area contributed by atoms with Crippen molar-refractivity contribution in [2.24, 2.45) is 5.14 Å². The van der Waals surface area contributed by atoms with Crippen LogP contribution in [-0.2, 0) is 10.0 Å². The molecule has 0 aromatic heterocycles. The van der Waals surface area contributed by atoms with Crippen LogP contribution in [0.1, 0.15) is 6.92 Å². The standard InChI is InChI=1S/C14H14ClNO4S/c1-2-19-10-4-3-5-11(8-10)20-14-7-6-12(9-13(14)15)21(16,17)18/h3-9H,2H2,1H3,(H2,16,17,18). The van der Waals surface area contributed by atoms with Gasteiger partial charge in [-0.25, -0.2) is 13.6 Å². The maximum Gasteiger partial charge on any atom is 0.238 e. The maximum absolute atomic E-state index is 11.2. The van der Waals surface area contributed by atoms with Crippen LogP contribution in [0.5, 0.6) is 17.2 Å². The third kappa shape index (κ3) is 4.10. The fraction of sp³-hybridized carbons (Fsp3) is 0.143. The number of hydrogen-bond acceptors (Lipinski definition) is 4. The van der Waals surface area contributed by atoms with Crippen molar-refractivity contribution in [2.45, 2.75) is 11.8 Å². The Labute approximate surface area is 128 Å². The molecule has 0 fully saturated rings. The van der Waals surface area contributed by atoms with Crippen LogP contribution in [0.2, 0.25) is 5.02 Å². The molecule has 0 aliphatic rings. The minimum absolute atomic E-state index is 0.0667. The predicted molar refractivity (Wildman–Crippen MR) is 80.5 cm³/mol. The average molecular weight is 328 g/mol. The minimum atomic E-state index is -3.79. The Bertz CT molecular complexity index is 746. The van der Waals surface area contributed by atoms with Crippen molar-refractivity contribution in [1.82, 2.24) is 0 Å². The van der Waals surface area contributed by atoms with E-state index in [4.69, 9.17) is 26.2 Å². The van der Waals surface area contributed by atoms with Crippen LogP contribution >= 0.6 is 11.6 Å². The summed E-state index contributed by atoms with van der Waals surface area (Å²) in [4.78, 5) is -0.0667. The molecule has 0 aliphatic heterocycles. The molecule has 0 saturated heterocycles. The normalized spacial score (nSPS) is 11.2. The van der Waals surface area contributed by atoms with Crippen molar-refractivity contribution < 1.29 is 17.9 Å². The molecule has 112 valence electrons. The molecule has 0 heterocycles. The van der Waals surface area contributed by atoms with Crippen molar-refractivity contribution in [3.63, 3.8) is 0 Å². The molecule has 7 heteroatoms. The van der Waals surface area contributed by atoms with E-state index >= 15 is 0 Å². The maximum atomic E-state index is 11.2. The molecular weight excluding hydrogens is 314 g/mol. The molecule has 0 aliphatic carbocycles. The number of ether oxygens (including phenoxy) is 2. The first-order chi connectivity index (χ1) is 9.90. The molecule has 0 unspecified atom stereocenters. The van der Waals surface area contributed by atoms with Gasteiger partial charge in [0.15, 0.2) is 0 Å². The summed E-state index contributed by atoms with van der Waals surface area (Å²) in [7, 11) is -3.79. The lowest BCUT2D eigenvalue weighted by atomic mass is 10.3. The van der Waals surface area contributed by atoms with Gasteiger partial charge < -0.3 is 9.47 Å². The average Bonchev–Trinajstić information content (AvgIpc) is 2.41. The van der Waals surface area contributed by atoms with E-state index in [-0.39, 0.29) is 9.92 Å². The van der Waals surface area contributed by atoms with Gasteiger partial charge in [0.05, 0.1) is 16.5 Å². The quantitative estimate of drug-likeness (QED) is 0.914. The fourth-order valence-corrected chi connectivity index (χ4v) is 2.49. The topological polar surface area (TPSA) is 78.6 Å². The molecule has 0 radical (unpaired) electrons. The Hall–Kier alpha value is -1.76. The highest BCUT2D eigenvalue weighted by atomic mass is 35.5. The first kappa shape index (κ1) is 15.6. The smallest absolute Gasteiger partial charge is 0.238 e. The van der Waals surface area contributed by atoms with Crippen molar-refractivity contribution in [3.8, 4) is 17.2 Å². The second-order valence-electron chi connectivity index (χ2n) is 4.15. The van der Waals surface area contributed by atoms with E-state index in [0.29, 0.717) is 23.9 Å². The van der Waals surface area contributed by atoms with Gasteiger partial charge in [-0.15, -0.1) is 0 Å². The monoisotopic (exact) mass is 327 g/mol. The van der Waals surface area contributed by atoms with Gasteiger partial charge >= 0.3 is 0 Å². The molecule has 0 bridgehead atoms. The number of rotatable bonds is 5. The van der Waals surface area contributed by atoms with E-state index in [0.717, 1.165) is 0 Å². The fourth-order valence-electron chi connectivity index (χ4n) is 1.66. The van der Waals surface area contributed by atoms with Gasteiger partial charge in [0.25, 0.3) is 0 Å². The van der Waals surface area contributed by atoms with Crippen LogP contribution in [0.4, 0.5) is 0 Å². The van der Waals surface area contributed by atoms with Crippen molar-refractivity contribution >= 4 is 21.6 Å². The molecular formula is C14H14ClNO4S. The molecule has 0 atom stereocenters. The Morgan fingerprint density at radius 1 is 1.14 bits per heavy atom. The number of nitrogens with two attached hydrogens (primary N) is 1. The number of primary sulfonamides is 1. The number of hydrogen-bond donors (Lipinski definition) is 1. The van der Waals surface area contributed by atoms with Crippen LogP contribution in [-0.4, -0.2) is 15.0 Å². The van der Waals surface area contributed by atoms with E-state index in [9.17, 15) is 8.42 Å². The zero-order valence-corrected chi connectivity index (χ0v) is 12.8. The van der Waals surface area contributed by atoms with Crippen LogP contribution in [0, 0.1) is 0 Å². The van der Waals surface area contributed by atoms with Gasteiger partial charge in [-0.2, -0.15) is 0 Å². The number of sulfonamides is 1. The van der Waals surface area contributed by atoms with Crippen molar-refractivity contribution in [2.75, 3.05) is 6.61 Å². The van der Waals surface area contributed by atoms with E-state index in [1.165, 1.54) is 18.2 Å². The van der Waals surface area contributed by atoms with Gasteiger partial charge in [-0.1, -0.05) is 17.7 Å². The van der Waals surface area contributed by atoms with Crippen LogP contribution < -0.4 is 14.6 Å². The summed E-state index contributed by atoms with van der Waals surface area (Å²) in [6.07, 6.45) is 0. The first-order valence-electron chi connectivity index (χ1n) is 6.13. The lowest BCUT2D eigenvalue weighted by molar-refractivity contribution is 0.338. The lowest BCUT2D eigenvalue weighted by Crippen LogP contribution is -2.11. The molecule has 0 spiro atoms. The van der Waals surface area contributed by atoms with E-state index in [2.05, 4.69) is 0 Å². The predicted octanol–water partition coefficient (Wildman–Crippen LogP) is 3.18. The zero-order chi connectivity index (χ0) is 15.5. The third-order valence-electron chi connectivity index (χ3n) is 2.58. The van der Waals surface area contributed by atoms with Crippen LogP contribution in [0.25, 0.3) is 0 Å². The van der Waals surface area contributed by atoms with Gasteiger partial charge in [-0.3, -0.25) is 0 Å². The lowest BCUT2D eigenvalue weighted by Gasteiger charge is -2.10. The Morgan fingerprint density at radius 3 is 2.48 bits per heavy atom. The number of halogens is 1. The highest BCUT2D eigenvalue weighted by molar-refractivity contribution is 7.89. The van der Waals surface area contributed by atoms with Crippen LogP contribution in [0.3, 0.4) is 0 Å². The highest BCUT2D eigenvalue weighted by Gasteiger charge is 2.12. The Kier molecular flexibility index (Phi) is 4.72. The van der Waals surface area contributed by atoms with Crippen molar-refractivity contribution in [3.05, 3.63) is 47.5 Å². The van der Waals surface area contributed by atoms with E-state index in [1.54, 1.807) is 18.2 Å². The SMILES string of the molecule is CCOc1cccc(Oc2ccc(S(N)(=O)=O)cc2Cl)c1. The molecule has 0 saturated carbocycles. The van der Waals surface area contributed by atoms with Gasteiger partial charge in [0.1, 0.15) is 17.2 Å². The summed E-state index contributed by atoms with van der Waals surface area (Å²) in [5.74, 6) is 1.54. The van der Waals surface area contributed by atoms with E-state index in [1.807, 2.05) is 13.0 Å². The molecule has 2 aromatic carbocycles. The first-order valence-corrected chi connectivity index (χ1v) is 8.05. The summed E-state index contributed by atoms with van der Waals surface area (Å²) < 4.78 is 33.5. The van der Waals surface area contributed by atoms with E-state index < -0.39 is 10.0 Å². The Morgan fingerprint density at radius 2 is 1.86 bits per heavy atom. The highest BCUT2D eigenvalue weighted by Crippen LogP contribution is 2.32. The second kappa shape index (κ2) is 6.34. The second-order valence-corrected chi connectivity index (χ2v) is 6.12. The third-order valence-corrected chi connectivity index (χ3v) is 3.78.